The quantitative estimate of drug-likeness (QED) is 0.841. The molecule has 2 N–H and O–H groups in total. The third-order valence-electron chi connectivity index (χ3n) is 2.68. The van der Waals surface area contributed by atoms with Gasteiger partial charge in [0.15, 0.2) is 0 Å². The van der Waals surface area contributed by atoms with Crippen LogP contribution in [0.2, 0.25) is 0 Å². The second kappa shape index (κ2) is 5.96. The number of aryl methyl sites for hydroxylation is 3. The molecule has 1 aromatic heterocycles. The van der Waals surface area contributed by atoms with Crippen LogP contribution in [-0.4, -0.2) is 15.5 Å². The topological polar surface area (TPSA) is 43.8 Å². The van der Waals surface area contributed by atoms with Crippen LogP contribution in [0.4, 0.5) is 5.82 Å². The van der Waals surface area contributed by atoms with Gasteiger partial charge in [-0.25, -0.2) is 0 Å². The number of hydrogen-bond donors (Lipinski definition) is 1. The van der Waals surface area contributed by atoms with E-state index in [0.717, 1.165) is 18.1 Å². The Hall–Kier alpha value is -1.42. The Morgan fingerprint density at radius 2 is 1.94 bits per heavy atom. The maximum atomic E-state index is 5.57. The number of nitrogens with zero attached hydrogens (tertiary/aromatic N) is 2. The summed E-state index contributed by atoms with van der Waals surface area (Å²) >= 11 is 1.93. The van der Waals surface area contributed by atoms with Gasteiger partial charge in [0.1, 0.15) is 5.82 Å². The third-order valence-corrected chi connectivity index (χ3v) is 3.68. The summed E-state index contributed by atoms with van der Waals surface area (Å²) in [5, 5.41) is 4.16. The molecule has 2 aromatic rings. The van der Waals surface area contributed by atoms with Gasteiger partial charge in [0, 0.05) is 17.7 Å². The summed E-state index contributed by atoms with van der Waals surface area (Å²) in [6, 6.07) is 8.55. The first kappa shape index (κ1) is 13.0. The standard InChI is InChI=1S/C14H19N3S/c1-11-7-12(2)9-13(8-11)10-18-6-5-17-4-3-14(15)16-17/h3-4,7-9H,5-6,10H2,1-2H3,(H2,15,16). The maximum absolute atomic E-state index is 5.57. The SMILES string of the molecule is Cc1cc(C)cc(CSCCn2ccc(N)n2)c1. The summed E-state index contributed by atoms with van der Waals surface area (Å²) < 4.78 is 1.89. The molecule has 3 nitrogen and oxygen atoms in total. The number of benzene rings is 1. The molecule has 0 unspecified atom stereocenters. The highest BCUT2D eigenvalue weighted by molar-refractivity contribution is 7.98. The molecule has 18 heavy (non-hydrogen) atoms. The predicted octanol–water partition coefficient (Wildman–Crippen LogP) is 3.02. The number of aromatic nitrogens is 2. The van der Waals surface area contributed by atoms with Crippen LogP contribution in [0.25, 0.3) is 0 Å². The van der Waals surface area contributed by atoms with Crippen molar-refractivity contribution in [3.63, 3.8) is 0 Å². The molecular weight excluding hydrogens is 242 g/mol. The van der Waals surface area contributed by atoms with Gasteiger partial charge in [-0.15, -0.1) is 0 Å². The van der Waals surface area contributed by atoms with E-state index in [2.05, 4.69) is 37.1 Å². The maximum Gasteiger partial charge on any atom is 0.145 e. The largest absolute Gasteiger partial charge is 0.382 e. The van der Waals surface area contributed by atoms with Gasteiger partial charge in [0.2, 0.25) is 0 Å². The Kier molecular flexibility index (Phi) is 4.31. The van der Waals surface area contributed by atoms with Gasteiger partial charge in [-0.3, -0.25) is 4.68 Å². The molecule has 0 aliphatic heterocycles. The van der Waals surface area contributed by atoms with Crippen LogP contribution in [0.15, 0.2) is 30.5 Å². The molecule has 0 fully saturated rings. The monoisotopic (exact) mass is 261 g/mol. The minimum atomic E-state index is 0.592. The van der Waals surface area contributed by atoms with E-state index >= 15 is 0 Å². The minimum absolute atomic E-state index is 0.592. The fraction of sp³-hybridized carbons (Fsp3) is 0.357. The predicted molar refractivity (Wildman–Crippen MR) is 78.7 cm³/mol. The van der Waals surface area contributed by atoms with E-state index in [1.165, 1.54) is 16.7 Å². The van der Waals surface area contributed by atoms with Crippen molar-refractivity contribution >= 4 is 17.6 Å². The molecule has 0 spiro atoms. The van der Waals surface area contributed by atoms with Crippen molar-refractivity contribution < 1.29 is 0 Å². The Bertz CT molecular complexity index is 499. The summed E-state index contributed by atoms with van der Waals surface area (Å²) in [7, 11) is 0. The highest BCUT2D eigenvalue weighted by atomic mass is 32.2. The second-order valence-corrected chi connectivity index (χ2v) is 5.66. The van der Waals surface area contributed by atoms with Gasteiger partial charge in [-0.05, 0) is 25.5 Å². The minimum Gasteiger partial charge on any atom is -0.382 e. The molecule has 0 amide bonds. The number of nitrogen functional groups attached to an aromatic ring is 1. The molecule has 4 heteroatoms. The summed E-state index contributed by atoms with van der Waals surface area (Å²) in [5.41, 5.74) is 9.65. The Morgan fingerprint density at radius 1 is 1.22 bits per heavy atom. The molecular formula is C14H19N3S. The zero-order valence-electron chi connectivity index (χ0n) is 10.9. The lowest BCUT2D eigenvalue weighted by atomic mass is 10.1. The first-order valence-corrected chi connectivity index (χ1v) is 7.23. The lowest BCUT2D eigenvalue weighted by molar-refractivity contribution is 0.669. The van der Waals surface area contributed by atoms with Crippen LogP contribution in [0.1, 0.15) is 16.7 Å². The van der Waals surface area contributed by atoms with Gasteiger partial charge in [-0.2, -0.15) is 16.9 Å². The Labute approximate surface area is 112 Å². The molecule has 0 saturated carbocycles. The first-order valence-electron chi connectivity index (χ1n) is 6.07. The van der Waals surface area contributed by atoms with E-state index in [1.54, 1.807) is 0 Å². The zero-order chi connectivity index (χ0) is 13.0. The van der Waals surface area contributed by atoms with Gasteiger partial charge in [-0.1, -0.05) is 29.3 Å². The lowest BCUT2D eigenvalue weighted by Gasteiger charge is -2.05. The smallest absolute Gasteiger partial charge is 0.145 e. The summed E-state index contributed by atoms with van der Waals surface area (Å²) in [6.45, 7) is 5.20. The molecule has 0 radical (unpaired) electrons. The fourth-order valence-corrected chi connectivity index (χ4v) is 2.87. The highest BCUT2D eigenvalue weighted by Gasteiger charge is 1.98. The molecule has 0 bridgehead atoms. The van der Waals surface area contributed by atoms with Crippen LogP contribution in [0.5, 0.6) is 0 Å². The summed E-state index contributed by atoms with van der Waals surface area (Å²) in [4.78, 5) is 0. The van der Waals surface area contributed by atoms with Crippen LogP contribution in [0.3, 0.4) is 0 Å². The lowest BCUT2D eigenvalue weighted by Crippen LogP contribution is -2.02. The Balaban J connectivity index is 1.78. The van der Waals surface area contributed by atoms with Crippen molar-refractivity contribution in [2.45, 2.75) is 26.1 Å². The van der Waals surface area contributed by atoms with E-state index in [-0.39, 0.29) is 0 Å². The van der Waals surface area contributed by atoms with Gasteiger partial charge >= 0.3 is 0 Å². The summed E-state index contributed by atoms with van der Waals surface area (Å²) in [6.07, 6.45) is 1.92. The van der Waals surface area contributed by atoms with E-state index in [0.29, 0.717) is 5.82 Å². The number of hydrogen-bond acceptors (Lipinski definition) is 3. The van der Waals surface area contributed by atoms with Crippen LogP contribution in [-0.2, 0) is 12.3 Å². The van der Waals surface area contributed by atoms with Crippen molar-refractivity contribution in [3.05, 3.63) is 47.2 Å². The molecule has 1 aromatic carbocycles. The van der Waals surface area contributed by atoms with Crippen molar-refractivity contribution in [3.8, 4) is 0 Å². The van der Waals surface area contributed by atoms with Crippen molar-refractivity contribution in [1.29, 1.82) is 0 Å². The second-order valence-electron chi connectivity index (χ2n) is 4.55. The molecule has 0 atom stereocenters. The number of anilines is 1. The van der Waals surface area contributed by atoms with E-state index in [9.17, 15) is 0 Å². The molecule has 0 aliphatic rings. The number of thioether (sulfide) groups is 1. The molecule has 96 valence electrons. The molecule has 2 rings (SSSR count). The third kappa shape index (κ3) is 3.81. The zero-order valence-corrected chi connectivity index (χ0v) is 11.7. The Morgan fingerprint density at radius 3 is 2.56 bits per heavy atom. The fourth-order valence-electron chi connectivity index (χ4n) is 2.00. The van der Waals surface area contributed by atoms with E-state index in [1.807, 2.05) is 28.7 Å². The normalized spacial score (nSPS) is 10.8. The number of nitrogens with two attached hydrogens (primary N) is 1. The average molecular weight is 261 g/mol. The van der Waals surface area contributed by atoms with E-state index < -0.39 is 0 Å². The van der Waals surface area contributed by atoms with Gasteiger partial charge in [0.25, 0.3) is 0 Å². The van der Waals surface area contributed by atoms with Crippen molar-refractivity contribution in [1.82, 2.24) is 9.78 Å². The average Bonchev–Trinajstić information content (AvgIpc) is 2.69. The van der Waals surface area contributed by atoms with Crippen LogP contribution in [0, 0.1) is 13.8 Å². The first-order chi connectivity index (χ1) is 8.63. The van der Waals surface area contributed by atoms with Gasteiger partial charge in [0.05, 0.1) is 6.54 Å². The molecule has 1 heterocycles. The van der Waals surface area contributed by atoms with Gasteiger partial charge < -0.3 is 5.73 Å². The summed E-state index contributed by atoms with van der Waals surface area (Å²) in [5.74, 6) is 2.70. The number of rotatable bonds is 5. The highest BCUT2D eigenvalue weighted by Crippen LogP contribution is 2.16. The van der Waals surface area contributed by atoms with E-state index in [4.69, 9.17) is 5.73 Å². The van der Waals surface area contributed by atoms with Crippen molar-refractivity contribution in [2.24, 2.45) is 0 Å². The van der Waals surface area contributed by atoms with Crippen LogP contribution >= 0.6 is 11.8 Å². The molecule has 0 aliphatic carbocycles. The molecule has 0 saturated heterocycles. The van der Waals surface area contributed by atoms with Crippen LogP contribution < -0.4 is 5.73 Å². The van der Waals surface area contributed by atoms with Crippen molar-refractivity contribution in [2.75, 3.05) is 11.5 Å².